The van der Waals surface area contributed by atoms with Crippen LogP contribution in [-0.4, -0.2) is 17.3 Å². The summed E-state index contributed by atoms with van der Waals surface area (Å²) in [6.07, 6.45) is -0.993. The molecule has 0 radical (unpaired) electrons. The van der Waals surface area contributed by atoms with E-state index in [4.69, 9.17) is 11.6 Å². The molecule has 1 aromatic carbocycles. The van der Waals surface area contributed by atoms with Gasteiger partial charge in [0.15, 0.2) is 11.5 Å². The first-order valence-corrected chi connectivity index (χ1v) is 4.29. The van der Waals surface area contributed by atoms with Crippen molar-refractivity contribution in [2.24, 2.45) is 0 Å². The van der Waals surface area contributed by atoms with Gasteiger partial charge in [0.1, 0.15) is 0 Å². The Morgan fingerprint density at radius 3 is 2.57 bits per heavy atom. The van der Waals surface area contributed by atoms with E-state index in [9.17, 15) is 14.6 Å². The molecular weight excluding hydrogens is 211 g/mol. The number of aliphatic hydroxyl groups is 1. The molecular formula is C9H10ClFO3. The van der Waals surface area contributed by atoms with E-state index < -0.39 is 17.7 Å². The third-order valence-corrected chi connectivity index (χ3v) is 2.11. The molecule has 1 rings (SSSR count). The Kier molecular flexibility index (Phi) is 3.18. The van der Waals surface area contributed by atoms with Crippen LogP contribution in [-0.2, 0) is 0 Å². The van der Waals surface area contributed by atoms with E-state index >= 15 is 0 Å². The summed E-state index contributed by atoms with van der Waals surface area (Å²) in [7, 11) is 1.24. The second kappa shape index (κ2) is 4.02. The summed E-state index contributed by atoms with van der Waals surface area (Å²) in [4.78, 5) is 0. The highest BCUT2D eigenvalue weighted by Crippen LogP contribution is 2.38. The van der Waals surface area contributed by atoms with Crippen LogP contribution < -0.4 is 4.74 Å². The summed E-state index contributed by atoms with van der Waals surface area (Å²) in [6.45, 7) is 1.40. The number of aromatic hydroxyl groups is 1. The van der Waals surface area contributed by atoms with Crippen LogP contribution in [0.5, 0.6) is 11.5 Å². The number of ether oxygens (including phenoxy) is 1. The van der Waals surface area contributed by atoms with Crippen molar-refractivity contribution in [2.45, 2.75) is 13.0 Å². The number of rotatable bonds is 2. The molecule has 0 aliphatic rings. The fourth-order valence-electron chi connectivity index (χ4n) is 1.12. The van der Waals surface area contributed by atoms with Crippen LogP contribution in [0.4, 0.5) is 4.39 Å². The van der Waals surface area contributed by atoms with Crippen LogP contribution in [0.2, 0.25) is 5.02 Å². The van der Waals surface area contributed by atoms with E-state index in [0.717, 1.165) is 0 Å². The molecule has 0 saturated carbocycles. The standard InChI is InChI=1S/C9H10ClFO3/c1-4(12)5-3-6(10)9(14-2)7(11)8(5)13/h3-4,12-13H,1-2H3. The maximum absolute atomic E-state index is 13.3. The minimum absolute atomic E-state index is 0.0127. The molecule has 0 saturated heterocycles. The summed E-state index contributed by atoms with van der Waals surface area (Å²) < 4.78 is 18.0. The van der Waals surface area contributed by atoms with Gasteiger partial charge < -0.3 is 14.9 Å². The highest BCUT2D eigenvalue weighted by molar-refractivity contribution is 6.32. The van der Waals surface area contributed by atoms with Gasteiger partial charge in [0.2, 0.25) is 5.82 Å². The van der Waals surface area contributed by atoms with Gasteiger partial charge in [-0.15, -0.1) is 0 Å². The van der Waals surface area contributed by atoms with Crippen LogP contribution in [0.25, 0.3) is 0 Å². The van der Waals surface area contributed by atoms with E-state index in [1.54, 1.807) is 0 Å². The largest absolute Gasteiger partial charge is 0.504 e. The van der Waals surface area contributed by atoms with E-state index in [0.29, 0.717) is 0 Å². The van der Waals surface area contributed by atoms with Gasteiger partial charge in [0, 0.05) is 5.56 Å². The van der Waals surface area contributed by atoms with Crippen molar-refractivity contribution in [2.75, 3.05) is 7.11 Å². The SMILES string of the molecule is COc1c(Cl)cc(C(C)O)c(O)c1F. The predicted octanol–water partition coefficient (Wildman–Crippen LogP) is 2.25. The summed E-state index contributed by atoms with van der Waals surface area (Å²) in [5, 5.41) is 18.5. The number of benzene rings is 1. The van der Waals surface area contributed by atoms with Crippen LogP contribution in [0.1, 0.15) is 18.6 Å². The summed E-state index contributed by atoms with van der Waals surface area (Å²) >= 11 is 5.66. The van der Waals surface area contributed by atoms with Gasteiger partial charge in [0.05, 0.1) is 18.2 Å². The molecule has 78 valence electrons. The lowest BCUT2D eigenvalue weighted by atomic mass is 10.1. The highest BCUT2D eigenvalue weighted by atomic mass is 35.5. The molecule has 0 fully saturated rings. The Bertz CT molecular complexity index is 352. The number of hydrogen-bond acceptors (Lipinski definition) is 3. The Balaban J connectivity index is 3.40. The smallest absolute Gasteiger partial charge is 0.208 e. The quantitative estimate of drug-likeness (QED) is 0.804. The molecule has 0 bridgehead atoms. The summed E-state index contributed by atoms with van der Waals surface area (Å²) in [5.41, 5.74) is 0.0355. The normalized spacial score (nSPS) is 12.6. The molecule has 0 aliphatic carbocycles. The molecule has 1 aromatic rings. The van der Waals surface area contributed by atoms with Gasteiger partial charge in [-0.3, -0.25) is 0 Å². The van der Waals surface area contributed by atoms with E-state index in [2.05, 4.69) is 4.74 Å². The zero-order chi connectivity index (χ0) is 10.9. The minimum atomic E-state index is -0.993. The van der Waals surface area contributed by atoms with Crippen LogP contribution in [0.3, 0.4) is 0 Å². The van der Waals surface area contributed by atoms with E-state index in [1.807, 2.05) is 0 Å². The molecule has 0 aliphatic heterocycles. The maximum Gasteiger partial charge on any atom is 0.208 e. The first-order chi connectivity index (χ1) is 6.49. The third-order valence-electron chi connectivity index (χ3n) is 1.83. The zero-order valence-corrected chi connectivity index (χ0v) is 8.47. The van der Waals surface area contributed by atoms with E-state index in [-0.39, 0.29) is 16.3 Å². The Hall–Kier alpha value is -1.00. The van der Waals surface area contributed by atoms with Crippen molar-refractivity contribution in [3.8, 4) is 11.5 Å². The summed E-state index contributed by atoms with van der Waals surface area (Å²) in [6, 6.07) is 1.27. The van der Waals surface area contributed by atoms with Crippen molar-refractivity contribution >= 4 is 11.6 Å². The van der Waals surface area contributed by atoms with Gasteiger partial charge in [-0.05, 0) is 13.0 Å². The van der Waals surface area contributed by atoms with Gasteiger partial charge in [-0.25, -0.2) is 0 Å². The molecule has 3 nitrogen and oxygen atoms in total. The van der Waals surface area contributed by atoms with Crippen molar-refractivity contribution in [3.63, 3.8) is 0 Å². The number of hydrogen-bond donors (Lipinski definition) is 2. The van der Waals surface area contributed by atoms with Gasteiger partial charge in [0.25, 0.3) is 0 Å². The Labute approximate surface area is 85.7 Å². The lowest BCUT2D eigenvalue weighted by Gasteiger charge is -2.12. The van der Waals surface area contributed by atoms with Crippen molar-refractivity contribution < 1.29 is 19.3 Å². The second-order valence-electron chi connectivity index (χ2n) is 2.82. The molecule has 1 unspecified atom stereocenters. The highest BCUT2D eigenvalue weighted by Gasteiger charge is 2.19. The topological polar surface area (TPSA) is 49.7 Å². The monoisotopic (exact) mass is 220 g/mol. The second-order valence-corrected chi connectivity index (χ2v) is 3.23. The fourth-order valence-corrected chi connectivity index (χ4v) is 1.39. The number of phenols is 1. The van der Waals surface area contributed by atoms with Crippen molar-refractivity contribution in [3.05, 3.63) is 22.5 Å². The average Bonchev–Trinajstić information content (AvgIpc) is 2.12. The van der Waals surface area contributed by atoms with Gasteiger partial charge in [-0.1, -0.05) is 11.6 Å². The average molecular weight is 221 g/mol. The van der Waals surface area contributed by atoms with Crippen molar-refractivity contribution in [1.29, 1.82) is 0 Å². The fraction of sp³-hybridized carbons (Fsp3) is 0.333. The number of phenolic OH excluding ortho intramolecular Hbond substituents is 1. The number of methoxy groups -OCH3 is 1. The van der Waals surface area contributed by atoms with Gasteiger partial charge in [-0.2, -0.15) is 4.39 Å². The van der Waals surface area contributed by atoms with Gasteiger partial charge >= 0.3 is 0 Å². The predicted molar refractivity (Wildman–Crippen MR) is 50.3 cm³/mol. The third kappa shape index (κ3) is 1.76. The van der Waals surface area contributed by atoms with E-state index in [1.165, 1.54) is 20.1 Å². The molecule has 14 heavy (non-hydrogen) atoms. The molecule has 5 heteroatoms. The van der Waals surface area contributed by atoms with Crippen molar-refractivity contribution in [1.82, 2.24) is 0 Å². The van der Waals surface area contributed by atoms with Crippen LogP contribution in [0.15, 0.2) is 6.07 Å². The molecule has 1 atom stereocenters. The molecule has 0 spiro atoms. The Morgan fingerprint density at radius 1 is 1.57 bits per heavy atom. The van der Waals surface area contributed by atoms with Crippen LogP contribution >= 0.6 is 11.6 Å². The maximum atomic E-state index is 13.3. The molecule has 0 amide bonds. The Morgan fingerprint density at radius 2 is 2.14 bits per heavy atom. The first-order valence-electron chi connectivity index (χ1n) is 3.92. The lowest BCUT2D eigenvalue weighted by Crippen LogP contribution is -1.97. The molecule has 0 aromatic heterocycles. The molecule has 2 N–H and O–H groups in total. The molecule has 0 heterocycles. The minimum Gasteiger partial charge on any atom is -0.504 e. The lowest BCUT2D eigenvalue weighted by molar-refractivity contribution is 0.193. The first kappa shape index (κ1) is 11.1. The van der Waals surface area contributed by atoms with Crippen LogP contribution in [0, 0.1) is 5.82 Å². The summed E-state index contributed by atoms with van der Waals surface area (Å²) in [5.74, 6) is -1.83. The number of halogens is 2. The zero-order valence-electron chi connectivity index (χ0n) is 7.71. The number of aliphatic hydroxyl groups excluding tert-OH is 1.